The van der Waals surface area contributed by atoms with Crippen molar-refractivity contribution in [3.63, 3.8) is 0 Å². The molecule has 140 valence electrons. The summed E-state index contributed by atoms with van der Waals surface area (Å²) in [5.74, 6) is 1.29. The molecule has 0 aliphatic rings. The molecule has 0 aliphatic heterocycles. The van der Waals surface area contributed by atoms with E-state index in [9.17, 15) is 4.79 Å². The van der Waals surface area contributed by atoms with Gasteiger partial charge in [0.2, 0.25) is 0 Å². The first-order valence-corrected chi connectivity index (χ1v) is 8.73. The zero-order valence-corrected chi connectivity index (χ0v) is 16.4. The number of anilines is 1. The standard InChI is InChI=1S/C20H24ClNO4/c1-6-17(26-14-8-7-12(2)13(3)9-14)20(23)22-16-11-18(24-4)15(21)10-19(16)25-5/h7-11,17H,6H2,1-5H3,(H,22,23)/t17-/m0/s1. The number of amides is 1. The molecule has 6 heteroatoms. The van der Waals surface area contributed by atoms with E-state index in [-0.39, 0.29) is 5.91 Å². The first kappa shape index (κ1) is 19.9. The van der Waals surface area contributed by atoms with E-state index in [1.807, 2.05) is 39.0 Å². The zero-order valence-electron chi connectivity index (χ0n) is 15.7. The molecular weight excluding hydrogens is 354 g/mol. The highest BCUT2D eigenvalue weighted by Gasteiger charge is 2.21. The van der Waals surface area contributed by atoms with Gasteiger partial charge in [-0.25, -0.2) is 0 Å². The summed E-state index contributed by atoms with van der Waals surface area (Å²) in [6, 6.07) is 8.99. The van der Waals surface area contributed by atoms with Crippen LogP contribution in [0.5, 0.6) is 17.2 Å². The Morgan fingerprint density at radius 2 is 1.77 bits per heavy atom. The van der Waals surface area contributed by atoms with Crippen molar-refractivity contribution in [1.29, 1.82) is 0 Å². The third-order valence-electron chi connectivity index (χ3n) is 4.15. The molecule has 0 saturated carbocycles. The van der Waals surface area contributed by atoms with Crippen molar-refractivity contribution in [2.45, 2.75) is 33.3 Å². The lowest BCUT2D eigenvalue weighted by molar-refractivity contribution is -0.122. The van der Waals surface area contributed by atoms with Gasteiger partial charge in [0.15, 0.2) is 6.10 Å². The third kappa shape index (κ3) is 4.61. The Kier molecular flexibility index (Phi) is 6.75. The van der Waals surface area contributed by atoms with Crippen LogP contribution in [-0.2, 0) is 4.79 Å². The lowest BCUT2D eigenvalue weighted by Gasteiger charge is -2.19. The van der Waals surface area contributed by atoms with E-state index in [4.69, 9.17) is 25.8 Å². The average molecular weight is 378 g/mol. The van der Waals surface area contributed by atoms with Gasteiger partial charge >= 0.3 is 0 Å². The number of hydrogen-bond acceptors (Lipinski definition) is 4. The van der Waals surface area contributed by atoms with Gasteiger partial charge < -0.3 is 19.5 Å². The smallest absolute Gasteiger partial charge is 0.265 e. The summed E-state index contributed by atoms with van der Waals surface area (Å²) >= 11 is 6.10. The fourth-order valence-corrected chi connectivity index (χ4v) is 2.68. The lowest BCUT2D eigenvalue weighted by Crippen LogP contribution is -2.32. The number of ether oxygens (including phenoxy) is 3. The van der Waals surface area contributed by atoms with Crippen LogP contribution in [0.25, 0.3) is 0 Å². The Morgan fingerprint density at radius 3 is 2.35 bits per heavy atom. The minimum atomic E-state index is -0.636. The molecule has 26 heavy (non-hydrogen) atoms. The molecule has 5 nitrogen and oxygen atoms in total. The monoisotopic (exact) mass is 377 g/mol. The Hall–Kier alpha value is -2.40. The number of aryl methyl sites for hydroxylation is 2. The van der Waals surface area contributed by atoms with E-state index in [0.29, 0.717) is 34.4 Å². The van der Waals surface area contributed by atoms with E-state index in [1.54, 1.807) is 12.1 Å². The van der Waals surface area contributed by atoms with Crippen molar-refractivity contribution in [1.82, 2.24) is 0 Å². The number of carbonyl (C=O) groups is 1. The third-order valence-corrected chi connectivity index (χ3v) is 4.45. The summed E-state index contributed by atoms with van der Waals surface area (Å²) in [6.45, 7) is 5.93. The first-order valence-electron chi connectivity index (χ1n) is 8.35. The molecule has 1 atom stereocenters. The molecule has 0 aromatic heterocycles. The minimum absolute atomic E-state index is 0.270. The number of rotatable bonds is 7. The fraction of sp³-hybridized carbons (Fsp3) is 0.350. The van der Waals surface area contributed by atoms with Crippen molar-refractivity contribution in [3.05, 3.63) is 46.5 Å². The number of carbonyl (C=O) groups excluding carboxylic acids is 1. The van der Waals surface area contributed by atoms with Gasteiger partial charge in [-0.3, -0.25) is 4.79 Å². The first-order chi connectivity index (χ1) is 12.4. The van der Waals surface area contributed by atoms with Crippen LogP contribution >= 0.6 is 11.6 Å². The molecule has 1 N–H and O–H groups in total. The van der Waals surface area contributed by atoms with Crippen molar-refractivity contribution in [2.24, 2.45) is 0 Å². The van der Waals surface area contributed by atoms with Crippen LogP contribution in [0.2, 0.25) is 5.02 Å². The largest absolute Gasteiger partial charge is 0.495 e. The van der Waals surface area contributed by atoms with Gasteiger partial charge in [0.25, 0.3) is 5.91 Å². The van der Waals surface area contributed by atoms with E-state index in [0.717, 1.165) is 5.56 Å². The predicted molar refractivity (Wildman–Crippen MR) is 104 cm³/mol. The molecule has 0 bridgehead atoms. The van der Waals surface area contributed by atoms with Gasteiger partial charge in [-0.15, -0.1) is 0 Å². The molecule has 2 rings (SSSR count). The number of halogens is 1. The van der Waals surface area contributed by atoms with E-state index >= 15 is 0 Å². The molecule has 0 heterocycles. The van der Waals surface area contributed by atoms with Gasteiger partial charge in [0.1, 0.15) is 17.2 Å². The summed E-state index contributed by atoms with van der Waals surface area (Å²) in [4.78, 5) is 12.7. The normalized spacial score (nSPS) is 11.6. The highest BCUT2D eigenvalue weighted by atomic mass is 35.5. The van der Waals surface area contributed by atoms with Crippen molar-refractivity contribution < 1.29 is 19.0 Å². The molecule has 0 saturated heterocycles. The second-order valence-electron chi connectivity index (χ2n) is 5.94. The van der Waals surface area contributed by atoms with E-state index in [1.165, 1.54) is 19.8 Å². The van der Waals surface area contributed by atoms with Crippen molar-refractivity contribution in [3.8, 4) is 17.2 Å². The summed E-state index contributed by atoms with van der Waals surface area (Å²) in [5, 5.41) is 3.24. The fourth-order valence-electron chi connectivity index (χ4n) is 2.45. The number of methoxy groups -OCH3 is 2. The maximum atomic E-state index is 12.7. The van der Waals surface area contributed by atoms with Crippen LogP contribution < -0.4 is 19.5 Å². The molecule has 0 radical (unpaired) electrons. The topological polar surface area (TPSA) is 56.8 Å². The van der Waals surface area contributed by atoms with E-state index < -0.39 is 6.10 Å². The molecule has 0 fully saturated rings. The Bertz CT molecular complexity index is 792. The highest BCUT2D eigenvalue weighted by Crippen LogP contribution is 2.36. The van der Waals surface area contributed by atoms with Gasteiger partial charge in [0.05, 0.1) is 24.9 Å². The average Bonchev–Trinajstić information content (AvgIpc) is 2.63. The summed E-state index contributed by atoms with van der Waals surface area (Å²) in [6.07, 6.45) is -0.116. The summed E-state index contributed by atoms with van der Waals surface area (Å²) < 4.78 is 16.4. The molecule has 1 amide bonds. The second-order valence-corrected chi connectivity index (χ2v) is 6.34. The number of nitrogens with one attached hydrogen (secondary N) is 1. The van der Waals surface area contributed by atoms with Gasteiger partial charge in [0, 0.05) is 12.1 Å². The van der Waals surface area contributed by atoms with Crippen LogP contribution in [0.15, 0.2) is 30.3 Å². The SMILES string of the molecule is CC[C@H](Oc1ccc(C)c(C)c1)C(=O)Nc1cc(OC)c(Cl)cc1OC. The maximum Gasteiger partial charge on any atom is 0.265 e. The van der Waals surface area contributed by atoms with Gasteiger partial charge in [-0.05, 0) is 43.5 Å². The van der Waals surface area contributed by atoms with Crippen LogP contribution in [0.1, 0.15) is 24.5 Å². The maximum absolute atomic E-state index is 12.7. The molecule has 0 unspecified atom stereocenters. The van der Waals surface area contributed by atoms with E-state index in [2.05, 4.69) is 5.32 Å². The van der Waals surface area contributed by atoms with Crippen molar-refractivity contribution >= 4 is 23.2 Å². The Labute approximate surface area is 159 Å². The minimum Gasteiger partial charge on any atom is -0.495 e. The summed E-state index contributed by atoms with van der Waals surface area (Å²) in [7, 11) is 3.02. The van der Waals surface area contributed by atoms with Crippen molar-refractivity contribution in [2.75, 3.05) is 19.5 Å². The summed E-state index contributed by atoms with van der Waals surface area (Å²) in [5.41, 5.74) is 2.76. The molecule has 0 aliphatic carbocycles. The lowest BCUT2D eigenvalue weighted by atomic mass is 10.1. The Balaban J connectivity index is 2.19. The van der Waals surface area contributed by atoms with Crippen LogP contribution in [0, 0.1) is 13.8 Å². The van der Waals surface area contributed by atoms with Crippen LogP contribution in [0.4, 0.5) is 5.69 Å². The zero-order chi connectivity index (χ0) is 19.3. The van der Waals surface area contributed by atoms with Crippen LogP contribution in [-0.4, -0.2) is 26.2 Å². The number of hydrogen-bond donors (Lipinski definition) is 1. The quantitative estimate of drug-likeness (QED) is 0.755. The molecule has 2 aromatic carbocycles. The predicted octanol–water partition coefficient (Wildman–Crippen LogP) is 4.77. The molecule has 0 spiro atoms. The number of benzene rings is 2. The Morgan fingerprint density at radius 1 is 1.08 bits per heavy atom. The van der Waals surface area contributed by atoms with Gasteiger partial charge in [-0.2, -0.15) is 0 Å². The van der Waals surface area contributed by atoms with Crippen LogP contribution in [0.3, 0.4) is 0 Å². The molecule has 2 aromatic rings. The van der Waals surface area contributed by atoms with Gasteiger partial charge in [-0.1, -0.05) is 24.6 Å². The highest BCUT2D eigenvalue weighted by molar-refractivity contribution is 6.32. The molecular formula is C20H24ClNO4. The second kappa shape index (κ2) is 8.81.